The van der Waals surface area contributed by atoms with Crippen molar-refractivity contribution < 1.29 is 9.53 Å². The van der Waals surface area contributed by atoms with Crippen LogP contribution in [0.4, 0.5) is 5.69 Å². The van der Waals surface area contributed by atoms with Gasteiger partial charge in [-0.3, -0.25) is 4.79 Å². The van der Waals surface area contributed by atoms with Crippen molar-refractivity contribution in [2.45, 2.75) is 45.6 Å². The average molecular weight is 290 g/mol. The van der Waals surface area contributed by atoms with Crippen molar-refractivity contribution in [2.24, 2.45) is 0 Å². The highest BCUT2D eigenvalue weighted by molar-refractivity contribution is 6.00. The third-order valence-electron chi connectivity index (χ3n) is 4.00. The molecule has 0 atom stereocenters. The monoisotopic (exact) mass is 290 g/mol. The number of benzene rings is 1. The summed E-state index contributed by atoms with van der Waals surface area (Å²) in [7, 11) is 0. The Kier molecular flexibility index (Phi) is 5.23. The van der Waals surface area contributed by atoms with Gasteiger partial charge in [0, 0.05) is 31.0 Å². The molecule has 0 saturated carbocycles. The minimum Gasteiger partial charge on any atom is -0.384 e. The second-order valence-corrected chi connectivity index (χ2v) is 6.10. The summed E-state index contributed by atoms with van der Waals surface area (Å²) in [4.78, 5) is 12.7. The van der Waals surface area contributed by atoms with E-state index in [1.807, 2.05) is 25.1 Å². The van der Waals surface area contributed by atoms with Crippen LogP contribution in [0.5, 0.6) is 0 Å². The van der Waals surface area contributed by atoms with Crippen LogP contribution in [-0.2, 0) is 4.74 Å². The fourth-order valence-electron chi connectivity index (χ4n) is 2.55. The minimum absolute atomic E-state index is 0.00158. The number of anilines is 1. The SMILES string of the molecule is CCCNc1ccc(C)cc1C(=O)NC1(C)CCOCC1. The van der Waals surface area contributed by atoms with E-state index in [4.69, 9.17) is 4.74 Å². The van der Waals surface area contributed by atoms with Crippen LogP contribution in [0, 0.1) is 6.92 Å². The number of carbonyl (C=O) groups is 1. The number of aryl methyl sites for hydroxylation is 1. The number of nitrogens with one attached hydrogen (secondary N) is 2. The van der Waals surface area contributed by atoms with Gasteiger partial charge in [0.2, 0.25) is 0 Å². The molecule has 0 unspecified atom stereocenters. The summed E-state index contributed by atoms with van der Waals surface area (Å²) in [6, 6.07) is 5.98. The summed E-state index contributed by atoms with van der Waals surface area (Å²) in [5.74, 6) is 0.00158. The Balaban J connectivity index is 2.15. The summed E-state index contributed by atoms with van der Waals surface area (Å²) in [5, 5.41) is 6.53. The molecule has 1 saturated heterocycles. The number of rotatable bonds is 5. The number of amides is 1. The molecule has 1 fully saturated rings. The first-order valence-corrected chi connectivity index (χ1v) is 7.79. The van der Waals surface area contributed by atoms with Crippen LogP contribution < -0.4 is 10.6 Å². The maximum absolute atomic E-state index is 12.7. The van der Waals surface area contributed by atoms with E-state index in [1.165, 1.54) is 0 Å². The van der Waals surface area contributed by atoms with Gasteiger partial charge in [0.15, 0.2) is 0 Å². The van der Waals surface area contributed by atoms with Crippen LogP contribution in [0.15, 0.2) is 18.2 Å². The average Bonchev–Trinajstić information content (AvgIpc) is 2.46. The minimum atomic E-state index is -0.166. The van der Waals surface area contributed by atoms with Crippen molar-refractivity contribution in [1.82, 2.24) is 5.32 Å². The predicted molar refractivity (Wildman–Crippen MR) is 85.9 cm³/mol. The van der Waals surface area contributed by atoms with Crippen LogP contribution in [0.25, 0.3) is 0 Å². The van der Waals surface area contributed by atoms with Crippen molar-refractivity contribution >= 4 is 11.6 Å². The zero-order valence-electron chi connectivity index (χ0n) is 13.3. The standard InChI is InChI=1S/C17H26N2O2/c1-4-9-18-15-6-5-13(2)12-14(15)16(20)19-17(3)7-10-21-11-8-17/h5-6,12,18H,4,7-11H2,1-3H3,(H,19,20). The first-order valence-electron chi connectivity index (χ1n) is 7.79. The number of ether oxygens (including phenoxy) is 1. The molecule has 1 aliphatic rings. The Morgan fingerprint density at radius 3 is 2.71 bits per heavy atom. The van der Waals surface area contributed by atoms with Crippen LogP contribution in [0.2, 0.25) is 0 Å². The largest absolute Gasteiger partial charge is 0.384 e. The molecule has 1 amide bonds. The number of hydrogen-bond donors (Lipinski definition) is 2. The molecule has 2 N–H and O–H groups in total. The van der Waals surface area contributed by atoms with Gasteiger partial charge in [0.25, 0.3) is 5.91 Å². The maximum atomic E-state index is 12.7. The fourth-order valence-corrected chi connectivity index (χ4v) is 2.55. The molecule has 4 heteroatoms. The summed E-state index contributed by atoms with van der Waals surface area (Å²) < 4.78 is 5.38. The van der Waals surface area contributed by atoms with Gasteiger partial charge >= 0.3 is 0 Å². The summed E-state index contributed by atoms with van der Waals surface area (Å²) in [6.07, 6.45) is 2.76. The topological polar surface area (TPSA) is 50.4 Å². The Bertz CT molecular complexity index is 494. The highest BCUT2D eigenvalue weighted by Crippen LogP contribution is 2.23. The van der Waals surface area contributed by atoms with Crippen LogP contribution in [0.1, 0.15) is 49.0 Å². The number of hydrogen-bond acceptors (Lipinski definition) is 3. The molecular formula is C17H26N2O2. The molecule has 21 heavy (non-hydrogen) atoms. The lowest BCUT2D eigenvalue weighted by Gasteiger charge is -2.34. The van der Waals surface area contributed by atoms with E-state index in [0.29, 0.717) is 13.2 Å². The number of carbonyl (C=O) groups excluding carboxylic acids is 1. The van der Waals surface area contributed by atoms with Crippen molar-refractivity contribution in [1.29, 1.82) is 0 Å². The first-order chi connectivity index (χ1) is 10.0. The molecule has 2 rings (SSSR count). The van der Waals surface area contributed by atoms with Gasteiger partial charge in [-0.2, -0.15) is 0 Å². The normalized spacial score (nSPS) is 17.3. The van der Waals surface area contributed by atoms with Gasteiger partial charge < -0.3 is 15.4 Å². The van der Waals surface area contributed by atoms with Crippen molar-refractivity contribution in [3.63, 3.8) is 0 Å². The van der Waals surface area contributed by atoms with E-state index in [-0.39, 0.29) is 11.4 Å². The van der Waals surface area contributed by atoms with Crippen molar-refractivity contribution in [2.75, 3.05) is 25.1 Å². The van der Waals surface area contributed by atoms with Gasteiger partial charge in [-0.1, -0.05) is 18.6 Å². The smallest absolute Gasteiger partial charge is 0.253 e. The maximum Gasteiger partial charge on any atom is 0.253 e. The van der Waals surface area contributed by atoms with Crippen molar-refractivity contribution in [3.8, 4) is 0 Å². The summed E-state index contributed by atoms with van der Waals surface area (Å²) in [5.41, 5.74) is 2.58. The Morgan fingerprint density at radius 2 is 2.05 bits per heavy atom. The summed E-state index contributed by atoms with van der Waals surface area (Å²) in [6.45, 7) is 8.52. The molecule has 0 aliphatic carbocycles. The van der Waals surface area contributed by atoms with Crippen LogP contribution in [0.3, 0.4) is 0 Å². The second kappa shape index (κ2) is 6.94. The summed E-state index contributed by atoms with van der Waals surface area (Å²) >= 11 is 0. The molecule has 0 radical (unpaired) electrons. The predicted octanol–water partition coefficient (Wildman–Crippen LogP) is 3.12. The third kappa shape index (κ3) is 4.21. The van der Waals surface area contributed by atoms with Gasteiger partial charge in [-0.05, 0) is 45.2 Å². The third-order valence-corrected chi connectivity index (χ3v) is 4.00. The van der Waals surface area contributed by atoms with Gasteiger partial charge in [-0.15, -0.1) is 0 Å². The Hall–Kier alpha value is -1.55. The molecule has 0 spiro atoms. The molecule has 1 aromatic carbocycles. The fraction of sp³-hybridized carbons (Fsp3) is 0.588. The molecule has 4 nitrogen and oxygen atoms in total. The first kappa shape index (κ1) is 15.8. The zero-order chi connectivity index (χ0) is 15.3. The second-order valence-electron chi connectivity index (χ2n) is 6.10. The molecular weight excluding hydrogens is 264 g/mol. The molecule has 1 aromatic rings. The molecule has 1 heterocycles. The van der Waals surface area contributed by atoms with E-state index >= 15 is 0 Å². The zero-order valence-corrected chi connectivity index (χ0v) is 13.3. The van der Waals surface area contributed by atoms with Gasteiger partial charge in [0.05, 0.1) is 5.56 Å². The van der Waals surface area contributed by atoms with Crippen LogP contribution >= 0.6 is 0 Å². The lowest BCUT2D eigenvalue weighted by atomic mass is 9.92. The Morgan fingerprint density at radius 1 is 1.33 bits per heavy atom. The molecule has 1 aliphatic heterocycles. The quantitative estimate of drug-likeness (QED) is 0.876. The van der Waals surface area contributed by atoms with E-state index in [9.17, 15) is 4.79 Å². The van der Waals surface area contributed by atoms with E-state index < -0.39 is 0 Å². The van der Waals surface area contributed by atoms with E-state index in [2.05, 4.69) is 24.5 Å². The highest BCUT2D eigenvalue weighted by Gasteiger charge is 2.29. The highest BCUT2D eigenvalue weighted by atomic mass is 16.5. The van der Waals surface area contributed by atoms with E-state index in [1.54, 1.807) is 0 Å². The molecule has 116 valence electrons. The Labute approximate surface area is 127 Å². The van der Waals surface area contributed by atoms with Gasteiger partial charge in [-0.25, -0.2) is 0 Å². The molecule has 0 bridgehead atoms. The van der Waals surface area contributed by atoms with Gasteiger partial charge in [0.1, 0.15) is 0 Å². The van der Waals surface area contributed by atoms with Crippen LogP contribution in [-0.4, -0.2) is 31.2 Å². The molecule has 0 aromatic heterocycles. The van der Waals surface area contributed by atoms with Crippen molar-refractivity contribution in [3.05, 3.63) is 29.3 Å². The lowest BCUT2D eigenvalue weighted by Crippen LogP contribution is -2.49. The lowest BCUT2D eigenvalue weighted by molar-refractivity contribution is 0.0423. The van der Waals surface area contributed by atoms with E-state index in [0.717, 1.165) is 42.6 Å².